The molecule has 3 N–H and O–H groups in total. The summed E-state index contributed by atoms with van der Waals surface area (Å²) >= 11 is 0. The molecule has 0 aliphatic heterocycles. The highest BCUT2D eigenvalue weighted by Crippen LogP contribution is 2.14. The van der Waals surface area contributed by atoms with Crippen LogP contribution in [0.3, 0.4) is 0 Å². The predicted molar refractivity (Wildman–Crippen MR) is 115 cm³/mol. The Morgan fingerprint density at radius 3 is 1.17 bits per heavy atom. The fourth-order valence-corrected chi connectivity index (χ4v) is 3.40. The number of aliphatic hydroxyl groups excluding tert-OH is 2. The first kappa shape index (κ1) is 27.9. The van der Waals surface area contributed by atoms with Gasteiger partial charge in [0.15, 0.2) is 0 Å². The standard InChI is InChI=1S/C23H44O6/c24-19-21(20-25)29-23(28)18-16-14-12-10-8-6-4-2-1-3-5-7-9-11-13-15-17-22(26)27/h21,24-25H,1-20H2,(H,26,27). The van der Waals surface area contributed by atoms with Crippen molar-refractivity contribution in [3.05, 3.63) is 0 Å². The normalized spacial score (nSPS) is 11.1. The van der Waals surface area contributed by atoms with E-state index in [-0.39, 0.29) is 19.2 Å². The van der Waals surface area contributed by atoms with Crippen molar-refractivity contribution < 1.29 is 29.6 Å². The number of aliphatic hydroxyl groups is 2. The summed E-state index contributed by atoms with van der Waals surface area (Å²) in [4.78, 5) is 21.9. The van der Waals surface area contributed by atoms with Crippen LogP contribution in [0.25, 0.3) is 0 Å². The van der Waals surface area contributed by atoms with Gasteiger partial charge in [0, 0.05) is 12.8 Å². The summed E-state index contributed by atoms with van der Waals surface area (Å²) < 4.78 is 4.93. The van der Waals surface area contributed by atoms with Gasteiger partial charge < -0.3 is 20.1 Å². The molecule has 0 aliphatic rings. The van der Waals surface area contributed by atoms with Crippen LogP contribution in [0.1, 0.15) is 116 Å². The molecule has 172 valence electrons. The van der Waals surface area contributed by atoms with Crippen molar-refractivity contribution in [2.75, 3.05) is 13.2 Å². The van der Waals surface area contributed by atoms with Crippen LogP contribution in [0, 0.1) is 0 Å². The lowest BCUT2D eigenvalue weighted by molar-refractivity contribution is -0.153. The van der Waals surface area contributed by atoms with Crippen LogP contribution in [0.15, 0.2) is 0 Å². The number of esters is 1. The maximum atomic E-state index is 11.5. The second-order valence-corrected chi connectivity index (χ2v) is 8.03. The number of unbranched alkanes of at least 4 members (excludes halogenated alkanes) is 15. The zero-order valence-corrected chi connectivity index (χ0v) is 18.3. The van der Waals surface area contributed by atoms with Crippen LogP contribution in [0.2, 0.25) is 0 Å². The van der Waals surface area contributed by atoms with Crippen molar-refractivity contribution in [1.82, 2.24) is 0 Å². The average Bonchev–Trinajstić information content (AvgIpc) is 2.70. The summed E-state index contributed by atoms with van der Waals surface area (Å²) in [6.07, 6.45) is 18.8. The first-order chi connectivity index (χ1) is 14.1. The topological polar surface area (TPSA) is 104 Å². The number of carbonyl (C=O) groups is 2. The average molecular weight is 417 g/mol. The molecule has 29 heavy (non-hydrogen) atoms. The maximum Gasteiger partial charge on any atom is 0.306 e. The maximum absolute atomic E-state index is 11.5. The van der Waals surface area contributed by atoms with E-state index in [1.807, 2.05) is 0 Å². The summed E-state index contributed by atoms with van der Waals surface area (Å²) in [5.41, 5.74) is 0. The Hall–Kier alpha value is -1.14. The molecule has 6 nitrogen and oxygen atoms in total. The van der Waals surface area contributed by atoms with E-state index >= 15 is 0 Å². The van der Waals surface area contributed by atoms with Gasteiger partial charge in [-0.05, 0) is 12.8 Å². The van der Waals surface area contributed by atoms with E-state index in [0.717, 1.165) is 32.1 Å². The number of aliphatic carboxylic acids is 1. The van der Waals surface area contributed by atoms with Gasteiger partial charge in [-0.25, -0.2) is 0 Å². The van der Waals surface area contributed by atoms with E-state index < -0.39 is 12.1 Å². The van der Waals surface area contributed by atoms with Gasteiger partial charge >= 0.3 is 11.9 Å². The Kier molecular flexibility index (Phi) is 20.7. The van der Waals surface area contributed by atoms with E-state index in [2.05, 4.69) is 0 Å². The lowest BCUT2D eigenvalue weighted by Crippen LogP contribution is -2.25. The Labute approximate surface area is 177 Å². The van der Waals surface area contributed by atoms with Crippen LogP contribution in [-0.2, 0) is 14.3 Å². The number of hydrogen-bond donors (Lipinski definition) is 3. The largest absolute Gasteiger partial charge is 0.481 e. The molecule has 0 saturated carbocycles. The van der Waals surface area contributed by atoms with Crippen LogP contribution >= 0.6 is 0 Å². The van der Waals surface area contributed by atoms with Gasteiger partial charge in [0.2, 0.25) is 0 Å². The third-order valence-corrected chi connectivity index (χ3v) is 5.23. The number of ether oxygens (including phenoxy) is 1. The zero-order valence-electron chi connectivity index (χ0n) is 18.3. The van der Waals surface area contributed by atoms with Crippen molar-refractivity contribution in [2.24, 2.45) is 0 Å². The highest BCUT2D eigenvalue weighted by molar-refractivity contribution is 5.69. The molecule has 0 rings (SSSR count). The molecule has 0 spiro atoms. The molecular weight excluding hydrogens is 372 g/mol. The van der Waals surface area contributed by atoms with Gasteiger partial charge in [-0.15, -0.1) is 0 Å². The monoisotopic (exact) mass is 416 g/mol. The SMILES string of the molecule is O=C(O)CCCCCCCCCCCCCCCCCCC(=O)OC(CO)CO. The van der Waals surface area contributed by atoms with Gasteiger partial charge in [0.05, 0.1) is 13.2 Å². The summed E-state index contributed by atoms with van der Waals surface area (Å²) in [6.45, 7) is -0.670. The minimum atomic E-state index is -0.780. The minimum Gasteiger partial charge on any atom is -0.481 e. The van der Waals surface area contributed by atoms with Crippen molar-refractivity contribution >= 4 is 11.9 Å². The van der Waals surface area contributed by atoms with E-state index in [1.165, 1.54) is 70.6 Å². The Balaban J connectivity index is 3.17. The number of carboxylic acid groups (broad SMARTS) is 1. The van der Waals surface area contributed by atoms with Crippen LogP contribution in [0.4, 0.5) is 0 Å². The zero-order chi connectivity index (χ0) is 21.6. The quantitative estimate of drug-likeness (QED) is 0.170. The van der Waals surface area contributed by atoms with Crippen LogP contribution in [-0.4, -0.2) is 46.6 Å². The third-order valence-electron chi connectivity index (χ3n) is 5.23. The molecular formula is C23H44O6. The molecule has 0 atom stereocenters. The van der Waals surface area contributed by atoms with Crippen molar-refractivity contribution in [2.45, 2.75) is 122 Å². The number of carboxylic acids is 1. The van der Waals surface area contributed by atoms with Gasteiger partial charge in [0.25, 0.3) is 0 Å². The fraction of sp³-hybridized carbons (Fsp3) is 0.913. The van der Waals surface area contributed by atoms with Crippen LogP contribution in [0.5, 0.6) is 0 Å². The van der Waals surface area contributed by atoms with Gasteiger partial charge in [-0.1, -0.05) is 89.9 Å². The highest BCUT2D eigenvalue weighted by atomic mass is 16.6. The molecule has 0 fully saturated rings. The Morgan fingerprint density at radius 2 is 0.862 bits per heavy atom. The van der Waals surface area contributed by atoms with E-state index in [1.54, 1.807) is 0 Å². The molecule has 0 aromatic carbocycles. The molecule has 0 bridgehead atoms. The molecule has 0 aromatic heterocycles. The van der Waals surface area contributed by atoms with E-state index in [4.69, 9.17) is 20.1 Å². The van der Waals surface area contributed by atoms with Crippen molar-refractivity contribution in [3.8, 4) is 0 Å². The number of hydrogen-bond acceptors (Lipinski definition) is 5. The molecule has 0 heterocycles. The second kappa shape index (κ2) is 21.6. The first-order valence-corrected chi connectivity index (χ1v) is 11.7. The minimum absolute atomic E-state index is 0.311. The van der Waals surface area contributed by atoms with Gasteiger partial charge in [0.1, 0.15) is 6.10 Å². The smallest absolute Gasteiger partial charge is 0.306 e. The summed E-state index contributed by atoms with van der Waals surface area (Å²) in [7, 11) is 0. The predicted octanol–water partition coefficient (Wildman–Crippen LogP) is 4.99. The van der Waals surface area contributed by atoms with Crippen molar-refractivity contribution in [3.63, 3.8) is 0 Å². The van der Waals surface area contributed by atoms with E-state index in [9.17, 15) is 9.59 Å². The molecule has 0 radical (unpaired) electrons. The lowest BCUT2D eigenvalue weighted by Gasteiger charge is -2.12. The first-order valence-electron chi connectivity index (χ1n) is 11.7. The molecule has 0 unspecified atom stereocenters. The molecule has 0 aromatic rings. The number of rotatable bonds is 22. The molecule has 0 amide bonds. The Bertz CT molecular complexity index is 382. The van der Waals surface area contributed by atoms with Gasteiger partial charge in [-0.3, -0.25) is 9.59 Å². The summed E-state index contributed by atoms with van der Waals surface area (Å²) in [5.74, 6) is -1.02. The molecule has 0 aliphatic carbocycles. The third kappa shape index (κ3) is 21.4. The lowest BCUT2D eigenvalue weighted by atomic mass is 10.0. The Morgan fingerprint density at radius 1 is 0.552 bits per heavy atom. The molecule has 0 saturated heterocycles. The second-order valence-electron chi connectivity index (χ2n) is 8.03. The van der Waals surface area contributed by atoms with E-state index in [0.29, 0.717) is 12.8 Å². The molecule has 6 heteroatoms. The van der Waals surface area contributed by atoms with Crippen LogP contribution < -0.4 is 0 Å². The fourth-order valence-electron chi connectivity index (χ4n) is 3.40. The van der Waals surface area contributed by atoms with Gasteiger partial charge in [-0.2, -0.15) is 0 Å². The highest BCUT2D eigenvalue weighted by Gasteiger charge is 2.11. The summed E-state index contributed by atoms with van der Waals surface area (Å²) in [5, 5.41) is 26.3. The number of carbonyl (C=O) groups excluding carboxylic acids is 1. The summed E-state index contributed by atoms with van der Waals surface area (Å²) in [6, 6.07) is 0. The van der Waals surface area contributed by atoms with Crippen molar-refractivity contribution in [1.29, 1.82) is 0 Å².